The predicted octanol–water partition coefficient (Wildman–Crippen LogP) is 7.14. The number of carboxylic acids is 1. The molecule has 1 unspecified atom stereocenters. The lowest BCUT2D eigenvalue weighted by atomic mass is 10.00. The highest BCUT2D eigenvalue weighted by Gasteiger charge is 2.21. The topological polar surface area (TPSA) is 105 Å². The van der Waals surface area contributed by atoms with Crippen molar-refractivity contribution in [1.82, 2.24) is 0 Å². The molecule has 0 radical (unpaired) electrons. The van der Waals surface area contributed by atoms with Crippen LogP contribution in [0.4, 0.5) is 11.4 Å². The largest absolute Gasteiger partial charge is 0.494 e. The summed E-state index contributed by atoms with van der Waals surface area (Å²) in [7, 11) is 0. The summed E-state index contributed by atoms with van der Waals surface area (Å²) >= 11 is 0. The lowest BCUT2D eigenvalue weighted by Crippen LogP contribution is -2.32. The number of aliphatic carboxylic acids is 1. The standard InChI is InChI=1S/C36H38N2O5/c1-25(2)23-34(39)29-13-6-8-15-31(29)37-21-10-22-43-28-19-17-26(18-20-28)24-33(36(41)42)38-32-16-9-7-14-30(32)35(40)27-11-4-3-5-12-27/h3-9,11-20,25,33,37-38H,10,21-24H2,1-2H3,(H,41,42). The van der Waals surface area contributed by atoms with Crippen molar-refractivity contribution in [2.45, 2.75) is 39.2 Å². The molecule has 7 nitrogen and oxygen atoms in total. The lowest BCUT2D eigenvalue weighted by molar-refractivity contribution is -0.137. The number of nitrogens with one attached hydrogen (secondary N) is 2. The lowest BCUT2D eigenvalue weighted by Gasteiger charge is -2.18. The molecule has 222 valence electrons. The Labute approximate surface area is 252 Å². The van der Waals surface area contributed by atoms with E-state index in [9.17, 15) is 19.5 Å². The van der Waals surface area contributed by atoms with Crippen LogP contribution >= 0.6 is 0 Å². The molecule has 0 aliphatic rings. The summed E-state index contributed by atoms with van der Waals surface area (Å²) < 4.78 is 5.89. The Morgan fingerprint density at radius 3 is 2.07 bits per heavy atom. The Morgan fingerprint density at radius 1 is 0.767 bits per heavy atom. The first-order valence-electron chi connectivity index (χ1n) is 14.6. The van der Waals surface area contributed by atoms with Gasteiger partial charge in [0.05, 0.1) is 6.61 Å². The molecule has 0 amide bonds. The summed E-state index contributed by atoms with van der Waals surface area (Å²) in [5.41, 5.74) is 3.81. The molecule has 1 atom stereocenters. The molecule has 0 aliphatic heterocycles. The second kappa shape index (κ2) is 15.4. The maximum Gasteiger partial charge on any atom is 0.326 e. The fourth-order valence-corrected chi connectivity index (χ4v) is 4.74. The van der Waals surface area contributed by atoms with E-state index in [1.807, 2.05) is 68.4 Å². The van der Waals surface area contributed by atoms with Gasteiger partial charge in [-0.05, 0) is 54.3 Å². The van der Waals surface area contributed by atoms with Crippen molar-refractivity contribution in [1.29, 1.82) is 0 Å². The number of anilines is 2. The average molecular weight is 579 g/mol. The van der Waals surface area contributed by atoms with Gasteiger partial charge in [-0.1, -0.05) is 80.6 Å². The van der Waals surface area contributed by atoms with E-state index in [1.54, 1.807) is 48.5 Å². The van der Waals surface area contributed by atoms with E-state index in [-0.39, 0.29) is 18.0 Å². The van der Waals surface area contributed by atoms with E-state index >= 15 is 0 Å². The number of benzene rings is 4. The molecule has 0 aliphatic carbocycles. The quantitative estimate of drug-likeness (QED) is 0.0959. The smallest absolute Gasteiger partial charge is 0.326 e. The number of ether oxygens (including phenoxy) is 1. The van der Waals surface area contributed by atoms with Crippen LogP contribution in [0.15, 0.2) is 103 Å². The van der Waals surface area contributed by atoms with E-state index in [0.29, 0.717) is 53.6 Å². The summed E-state index contributed by atoms with van der Waals surface area (Å²) in [6, 6.07) is 29.9. The van der Waals surface area contributed by atoms with Gasteiger partial charge < -0.3 is 20.5 Å². The third-order valence-electron chi connectivity index (χ3n) is 6.93. The van der Waals surface area contributed by atoms with Crippen LogP contribution < -0.4 is 15.4 Å². The molecule has 4 rings (SSSR count). The molecule has 0 heterocycles. The molecule has 3 N–H and O–H groups in total. The molecular formula is C36H38N2O5. The highest BCUT2D eigenvalue weighted by atomic mass is 16.5. The minimum Gasteiger partial charge on any atom is -0.494 e. The van der Waals surface area contributed by atoms with E-state index < -0.39 is 12.0 Å². The molecule has 43 heavy (non-hydrogen) atoms. The number of hydrogen-bond acceptors (Lipinski definition) is 6. The zero-order chi connectivity index (χ0) is 30.6. The third kappa shape index (κ3) is 9.04. The molecule has 4 aromatic carbocycles. The van der Waals surface area contributed by atoms with E-state index in [1.165, 1.54) is 0 Å². The second-order valence-electron chi connectivity index (χ2n) is 10.8. The van der Waals surface area contributed by atoms with Gasteiger partial charge in [-0.15, -0.1) is 0 Å². The number of para-hydroxylation sites is 2. The molecule has 0 fully saturated rings. The Balaban J connectivity index is 1.29. The van der Waals surface area contributed by atoms with E-state index in [2.05, 4.69) is 10.6 Å². The maximum absolute atomic E-state index is 13.1. The van der Waals surface area contributed by atoms with Gasteiger partial charge in [0.2, 0.25) is 0 Å². The Hall–Kier alpha value is -4.91. The van der Waals surface area contributed by atoms with Gasteiger partial charge in [0.15, 0.2) is 11.6 Å². The molecule has 0 aromatic heterocycles. The fourth-order valence-electron chi connectivity index (χ4n) is 4.74. The highest BCUT2D eigenvalue weighted by Crippen LogP contribution is 2.22. The molecule has 7 heteroatoms. The third-order valence-corrected chi connectivity index (χ3v) is 6.93. The van der Waals surface area contributed by atoms with Crippen molar-refractivity contribution in [3.8, 4) is 5.75 Å². The summed E-state index contributed by atoms with van der Waals surface area (Å²) in [6.45, 7) is 5.22. The molecule has 0 saturated heterocycles. The van der Waals surface area contributed by atoms with E-state index in [4.69, 9.17) is 4.74 Å². The number of carbonyl (C=O) groups excluding carboxylic acids is 2. The SMILES string of the molecule is CC(C)CC(=O)c1ccccc1NCCCOc1ccc(CC(Nc2ccccc2C(=O)c2ccccc2)C(=O)O)cc1. The highest BCUT2D eigenvalue weighted by molar-refractivity contribution is 6.12. The predicted molar refractivity (Wildman–Crippen MR) is 170 cm³/mol. The average Bonchev–Trinajstić information content (AvgIpc) is 3.01. The van der Waals surface area contributed by atoms with Crippen molar-refractivity contribution >= 4 is 28.9 Å². The van der Waals surface area contributed by atoms with Crippen LogP contribution in [0.25, 0.3) is 0 Å². The maximum atomic E-state index is 13.1. The number of ketones is 2. The Kier molecular flexibility index (Phi) is 11.1. The summed E-state index contributed by atoms with van der Waals surface area (Å²) in [6.07, 6.45) is 1.48. The zero-order valence-corrected chi connectivity index (χ0v) is 24.6. The van der Waals surface area contributed by atoms with Crippen LogP contribution in [0.5, 0.6) is 5.75 Å². The number of hydrogen-bond donors (Lipinski definition) is 3. The normalized spacial score (nSPS) is 11.5. The number of Topliss-reactive ketones (excluding diaryl/α,β-unsaturated/α-hetero) is 1. The van der Waals surface area contributed by atoms with Crippen LogP contribution in [0.3, 0.4) is 0 Å². The zero-order valence-electron chi connectivity index (χ0n) is 24.6. The first-order valence-corrected chi connectivity index (χ1v) is 14.6. The second-order valence-corrected chi connectivity index (χ2v) is 10.8. The minimum absolute atomic E-state index is 0.139. The first kappa shape index (κ1) is 31.0. The van der Waals surface area contributed by atoms with Crippen molar-refractivity contribution in [3.05, 3.63) is 125 Å². The van der Waals surface area contributed by atoms with Crippen LogP contribution in [-0.2, 0) is 11.2 Å². The van der Waals surface area contributed by atoms with Crippen molar-refractivity contribution in [2.75, 3.05) is 23.8 Å². The minimum atomic E-state index is -1.01. The molecule has 0 saturated carbocycles. The number of carbonyl (C=O) groups is 3. The van der Waals surface area contributed by atoms with Gasteiger partial charge in [0.25, 0.3) is 0 Å². The van der Waals surface area contributed by atoms with Gasteiger partial charge >= 0.3 is 5.97 Å². The molecular weight excluding hydrogens is 540 g/mol. The summed E-state index contributed by atoms with van der Waals surface area (Å²) in [5.74, 6) is -0.0517. The van der Waals surface area contributed by atoms with Crippen LogP contribution in [0.1, 0.15) is 58.5 Å². The fraction of sp³-hybridized carbons (Fsp3) is 0.250. The summed E-state index contributed by atoms with van der Waals surface area (Å²) in [5, 5.41) is 16.3. The van der Waals surface area contributed by atoms with Crippen molar-refractivity contribution in [2.24, 2.45) is 5.92 Å². The van der Waals surface area contributed by atoms with Crippen molar-refractivity contribution < 1.29 is 24.2 Å². The van der Waals surface area contributed by atoms with Crippen molar-refractivity contribution in [3.63, 3.8) is 0 Å². The van der Waals surface area contributed by atoms with Gasteiger partial charge in [-0.3, -0.25) is 9.59 Å². The van der Waals surface area contributed by atoms with Crippen LogP contribution in [0.2, 0.25) is 0 Å². The molecule has 0 spiro atoms. The van der Waals surface area contributed by atoms with Gasteiger partial charge in [0.1, 0.15) is 11.8 Å². The monoisotopic (exact) mass is 578 g/mol. The van der Waals surface area contributed by atoms with E-state index in [0.717, 1.165) is 17.7 Å². The Bertz CT molecular complexity index is 1520. The molecule has 4 aromatic rings. The summed E-state index contributed by atoms with van der Waals surface area (Å²) in [4.78, 5) is 37.8. The first-order chi connectivity index (χ1) is 20.8. The van der Waals surface area contributed by atoms with Gasteiger partial charge in [-0.2, -0.15) is 0 Å². The molecule has 0 bridgehead atoms. The van der Waals surface area contributed by atoms with Crippen LogP contribution in [-0.4, -0.2) is 41.8 Å². The van der Waals surface area contributed by atoms with Gasteiger partial charge in [0, 0.05) is 47.5 Å². The van der Waals surface area contributed by atoms with Crippen LogP contribution in [0, 0.1) is 5.92 Å². The van der Waals surface area contributed by atoms with Gasteiger partial charge in [-0.25, -0.2) is 4.79 Å². The number of rotatable bonds is 16. The number of carboxylic acid groups (broad SMARTS) is 1. The Morgan fingerprint density at radius 2 is 1.40 bits per heavy atom.